The first-order valence-corrected chi connectivity index (χ1v) is 11.5. The number of nitrogens with one attached hydrogen (secondary N) is 2. The molecule has 0 spiro atoms. The quantitative estimate of drug-likeness (QED) is 0.715. The molecule has 3 rings (SSSR count). The van der Waals surface area contributed by atoms with Crippen LogP contribution in [0.3, 0.4) is 0 Å². The third-order valence-electron chi connectivity index (χ3n) is 4.48. The van der Waals surface area contributed by atoms with E-state index >= 15 is 0 Å². The van der Waals surface area contributed by atoms with E-state index in [9.17, 15) is 18.0 Å². The molecule has 0 aliphatic carbocycles. The fourth-order valence-corrected chi connectivity index (χ4v) is 5.22. The third kappa shape index (κ3) is 4.82. The molecule has 1 aliphatic rings. The van der Waals surface area contributed by atoms with Gasteiger partial charge in [-0.1, -0.05) is 20.8 Å². The molecule has 0 saturated carbocycles. The SMILES string of the molecule is CC(C)(C)c1ncc(C(=O)NNC(=O)c2ccc(S(=O)(=O)N3CCCC3)cc2)s1. The van der Waals surface area contributed by atoms with Gasteiger partial charge in [0.1, 0.15) is 4.88 Å². The number of hydrazine groups is 1. The molecule has 1 fully saturated rings. The highest BCUT2D eigenvalue weighted by molar-refractivity contribution is 7.89. The summed E-state index contributed by atoms with van der Waals surface area (Å²) in [4.78, 5) is 29.3. The van der Waals surface area contributed by atoms with Crippen molar-refractivity contribution in [3.8, 4) is 0 Å². The van der Waals surface area contributed by atoms with E-state index in [1.165, 1.54) is 46.1 Å². The lowest BCUT2D eigenvalue weighted by Crippen LogP contribution is -2.41. The average molecular weight is 437 g/mol. The van der Waals surface area contributed by atoms with Crippen LogP contribution in [0.2, 0.25) is 0 Å². The maximum Gasteiger partial charge on any atom is 0.281 e. The minimum absolute atomic E-state index is 0.152. The highest BCUT2D eigenvalue weighted by Crippen LogP contribution is 2.26. The molecule has 29 heavy (non-hydrogen) atoms. The Hall–Kier alpha value is -2.30. The predicted molar refractivity (Wildman–Crippen MR) is 110 cm³/mol. The van der Waals surface area contributed by atoms with Crippen molar-refractivity contribution in [1.29, 1.82) is 0 Å². The van der Waals surface area contributed by atoms with Crippen molar-refractivity contribution < 1.29 is 18.0 Å². The summed E-state index contributed by atoms with van der Waals surface area (Å²) in [6, 6.07) is 5.66. The molecule has 1 saturated heterocycles. The van der Waals surface area contributed by atoms with Gasteiger partial charge in [-0.2, -0.15) is 4.31 Å². The molecule has 1 aromatic heterocycles. The number of hydrogen-bond donors (Lipinski definition) is 2. The van der Waals surface area contributed by atoms with Gasteiger partial charge in [-0.25, -0.2) is 13.4 Å². The molecule has 2 amide bonds. The average Bonchev–Trinajstić information content (AvgIpc) is 3.37. The van der Waals surface area contributed by atoms with Crippen LogP contribution in [0.1, 0.15) is 58.7 Å². The van der Waals surface area contributed by atoms with Gasteiger partial charge in [0, 0.05) is 24.1 Å². The van der Waals surface area contributed by atoms with Gasteiger partial charge < -0.3 is 0 Å². The van der Waals surface area contributed by atoms with Crippen LogP contribution in [-0.4, -0.2) is 42.6 Å². The molecule has 2 heterocycles. The van der Waals surface area contributed by atoms with Crippen molar-refractivity contribution in [3.05, 3.63) is 45.9 Å². The smallest absolute Gasteiger partial charge is 0.267 e. The van der Waals surface area contributed by atoms with E-state index in [-0.39, 0.29) is 15.9 Å². The number of thiazole rings is 1. The van der Waals surface area contributed by atoms with E-state index in [1.54, 1.807) is 0 Å². The summed E-state index contributed by atoms with van der Waals surface area (Å²) >= 11 is 1.27. The summed E-state index contributed by atoms with van der Waals surface area (Å²) in [6.07, 6.45) is 3.19. The molecule has 1 aromatic carbocycles. The van der Waals surface area contributed by atoms with Crippen molar-refractivity contribution in [2.24, 2.45) is 0 Å². The Morgan fingerprint density at radius 3 is 2.17 bits per heavy atom. The fraction of sp³-hybridized carbons (Fsp3) is 0.421. The topological polar surface area (TPSA) is 108 Å². The van der Waals surface area contributed by atoms with Crippen LogP contribution in [0.5, 0.6) is 0 Å². The third-order valence-corrected chi connectivity index (χ3v) is 7.81. The Morgan fingerprint density at radius 2 is 1.62 bits per heavy atom. The van der Waals surface area contributed by atoms with Gasteiger partial charge in [-0.05, 0) is 37.1 Å². The standard InChI is InChI=1S/C19H24N4O4S2/c1-19(2,3)18-20-12-15(28-18)17(25)22-21-16(24)13-6-8-14(9-7-13)29(26,27)23-10-4-5-11-23/h6-9,12H,4-5,10-11H2,1-3H3,(H,21,24)(H,22,25). The summed E-state index contributed by atoms with van der Waals surface area (Å²) in [7, 11) is -3.53. The van der Waals surface area contributed by atoms with Gasteiger partial charge in [0.2, 0.25) is 10.0 Å². The fourth-order valence-electron chi connectivity index (χ4n) is 2.83. The number of sulfonamides is 1. The molecular weight excluding hydrogens is 412 g/mol. The molecule has 156 valence electrons. The number of hydrogen-bond acceptors (Lipinski definition) is 6. The van der Waals surface area contributed by atoms with Crippen LogP contribution in [0.4, 0.5) is 0 Å². The zero-order valence-electron chi connectivity index (χ0n) is 16.6. The van der Waals surface area contributed by atoms with E-state index in [2.05, 4.69) is 15.8 Å². The van der Waals surface area contributed by atoms with Crippen molar-refractivity contribution in [1.82, 2.24) is 20.1 Å². The van der Waals surface area contributed by atoms with E-state index in [1.807, 2.05) is 20.8 Å². The van der Waals surface area contributed by atoms with E-state index < -0.39 is 21.8 Å². The number of carbonyl (C=O) groups excluding carboxylic acids is 2. The predicted octanol–water partition coefficient (Wildman–Crippen LogP) is 2.30. The van der Waals surface area contributed by atoms with E-state index in [0.717, 1.165) is 17.8 Å². The van der Waals surface area contributed by atoms with Gasteiger partial charge in [0.05, 0.1) is 16.1 Å². The lowest BCUT2D eigenvalue weighted by molar-refractivity contribution is 0.0848. The van der Waals surface area contributed by atoms with Crippen LogP contribution < -0.4 is 10.9 Å². The monoisotopic (exact) mass is 436 g/mol. The molecule has 0 atom stereocenters. The second kappa shape index (κ2) is 8.21. The zero-order valence-corrected chi connectivity index (χ0v) is 18.2. The number of amides is 2. The molecule has 0 bridgehead atoms. The number of carbonyl (C=O) groups is 2. The lowest BCUT2D eigenvalue weighted by atomic mass is 9.98. The van der Waals surface area contributed by atoms with Gasteiger partial charge in [0.25, 0.3) is 11.8 Å². The Morgan fingerprint density at radius 1 is 1.03 bits per heavy atom. The van der Waals surface area contributed by atoms with Crippen LogP contribution in [0, 0.1) is 0 Å². The number of nitrogens with zero attached hydrogens (tertiary/aromatic N) is 2. The normalized spacial score (nSPS) is 15.3. The van der Waals surface area contributed by atoms with Crippen molar-refractivity contribution >= 4 is 33.2 Å². The minimum Gasteiger partial charge on any atom is -0.267 e. The number of aromatic nitrogens is 1. The van der Waals surface area contributed by atoms with Crippen molar-refractivity contribution in [3.63, 3.8) is 0 Å². The first-order valence-electron chi connectivity index (χ1n) is 9.26. The van der Waals surface area contributed by atoms with E-state index in [0.29, 0.717) is 18.0 Å². The Labute approximate surface area is 174 Å². The summed E-state index contributed by atoms with van der Waals surface area (Å²) in [5, 5.41) is 0.823. The first kappa shape index (κ1) is 21.4. The highest BCUT2D eigenvalue weighted by atomic mass is 32.2. The molecular formula is C19H24N4O4S2. The Bertz CT molecular complexity index is 1000. The summed E-state index contributed by atoms with van der Waals surface area (Å²) < 4.78 is 26.5. The van der Waals surface area contributed by atoms with Gasteiger partial charge in [-0.15, -0.1) is 11.3 Å². The van der Waals surface area contributed by atoms with Gasteiger partial charge >= 0.3 is 0 Å². The molecule has 8 nitrogen and oxygen atoms in total. The summed E-state index contributed by atoms with van der Waals surface area (Å²) in [5.41, 5.74) is 4.77. The molecule has 0 unspecified atom stereocenters. The van der Waals surface area contributed by atoms with Crippen LogP contribution in [0.25, 0.3) is 0 Å². The maximum atomic E-state index is 12.5. The Balaban J connectivity index is 1.61. The molecule has 2 N–H and O–H groups in total. The summed E-state index contributed by atoms with van der Waals surface area (Å²) in [5.74, 6) is -0.997. The second-order valence-corrected chi connectivity index (χ2v) is 10.8. The summed E-state index contributed by atoms with van der Waals surface area (Å²) in [6.45, 7) is 7.05. The van der Waals surface area contributed by atoms with E-state index in [4.69, 9.17) is 0 Å². The first-order chi connectivity index (χ1) is 13.6. The van der Waals surface area contributed by atoms with Crippen LogP contribution in [-0.2, 0) is 15.4 Å². The van der Waals surface area contributed by atoms with Crippen LogP contribution >= 0.6 is 11.3 Å². The molecule has 0 radical (unpaired) electrons. The maximum absolute atomic E-state index is 12.5. The molecule has 2 aromatic rings. The van der Waals surface area contributed by atoms with Gasteiger partial charge in [-0.3, -0.25) is 20.4 Å². The number of rotatable bonds is 4. The minimum atomic E-state index is -3.53. The largest absolute Gasteiger partial charge is 0.281 e. The van der Waals surface area contributed by atoms with Gasteiger partial charge in [0.15, 0.2) is 0 Å². The van der Waals surface area contributed by atoms with Crippen LogP contribution in [0.15, 0.2) is 35.4 Å². The molecule has 1 aliphatic heterocycles. The molecule has 10 heteroatoms. The van der Waals surface area contributed by atoms with Crippen molar-refractivity contribution in [2.45, 2.75) is 43.9 Å². The lowest BCUT2D eigenvalue weighted by Gasteiger charge is -2.15. The zero-order chi connectivity index (χ0) is 21.2. The number of benzene rings is 1. The highest BCUT2D eigenvalue weighted by Gasteiger charge is 2.27. The second-order valence-electron chi connectivity index (χ2n) is 7.82. The van der Waals surface area contributed by atoms with Crippen molar-refractivity contribution in [2.75, 3.05) is 13.1 Å². The Kier molecular flexibility index (Phi) is 6.06.